The van der Waals surface area contributed by atoms with Crippen LogP contribution in [0.1, 0.15) is 26.0 Å². The average Bonchev–Trinajstić information content (AvgIpc) is 2.55. The number of aryl methyl sites for hydroxylation is 1. The first-order valence-electron chi connectivity index (χ1n) is 5.46. The van der Waals surface area contributed by atoms with Crippen molar-refractivity contribution >= 4 is 5.95 Å². The molecule has 4 heteroatoms. The van der Waals surface area contributed by atoms with Gasteiger partial charge in [-0.15, -0.1) is 0 Å². The maximum absolute atomic E-state index is 5.06. The summed E-state index contributed by atoms with van der Waals surface area (Å²) in [5.41, 5.74) is 1.04. The summed E-state index contributed by atoms with van der Waals surface area (Å²) in [7, 11) is 1.71. The Morgan fingerprint density at radius 3 is 2.93 bits per heavy atom. The van der Waals surface area contributed by atoms with Crippen molar-refractivity contribution in [2.75, 3.05) is 19.0 Å². The van der Waals surface area contributed by atoms with Gasteiger partial charge in [0.2, 0.25) is 5.95 Å². The standard InChI is InChI=1S/C11H21N3O/c1-5-9(2)12-11-13-10(3)8-14(11)6-7-15-4/h8-9H,5-7H2,1-4H3,(H,12,13). The summed E-state index contributed by atoms with van der Waals surface area (Å²) in [6, 6.07) is 0.452. The van der Waals surface area contributed by atoms with E-state index in [1.54, 1.807) is 7.11 Å². The first kappa shape index (κ1) is 12.0. The van der Waals surface area contributed by atoms with Crippen LogP contribution in [0.15, 0.2) is 6.20 Å². The van der Waals surface area contributed by atoms with Gasteiger partial charge in [0.05, 0.1) is 12.3 Å². The van der Waals surface area contributed by atoms with Gasteiger partial charge in [0, 0.05) is 25.9 Å². The van der Waals surface area contributed by atoms with Gasteiger partial charge >= 0.3 is 0 Å². The van der Waals surface area contributed by atoms with Crippen LogP contribution in [0.4, 0.5) is 5.95 Å². The van der Waals surface area contributed by atoms with Crippen LogP contribution >= 0.6 is 0 Å². The van der Waals surface area contributed by atoms with E-state index in [0.29, 0.717) is 12.6 Å². The number of nitrogens with zero attached hydrogens (tertiary/aromatic N) is 2. The molecule has 1 rings (SSSR count). The maximum atomic E-state index is 5.06. The fraction of sp³-hybridized carbons (Fsp3) is 0.727. The fourth-order valence-electron chi connectivity index (χ4n) is 1.34. The smallest absolute Gasteiger partial charge is 0.203 e. The highest BCUT2D eigenvalue weighted by atomic mass is 16.5. The minimum absolute atomic E-state index is 0.452. The SMILES string of the molecule is CCC(C)Nc1nc(C)cn1CCOC. The summed E-state index contributed by atoms with van der Waals surface area (Å²) in [4.78, 5) is 4.45. The third-order valence-electron chi connectivity index (χ3n) is 2.42. The van der Waals surface area contributed by atoms with Crippen molar-refractivity contribution < 1.29 is 4.74 Å². The normalized spacial score (nSPS) is 12.8. The van der Waals surface area contributed by atoms with Gasteiger partial charge in [-0.05, 0) is 20.3 Å². The Labute approximate surface area is 91.7 Å². The van der Waals surface area contributed by atoms with Gasteiger partial charge in [0.1, 0.15) is 0 Å². The van der Waals surface area contributed by atoms with Crippen molar-refractivity contribution in [2.24, 2.45) is 0 Å². The molecule has 0 aliphatic carbocycles. The predicted molar refractivity (Wildman–Crippen MR) is 62.2 cm³/mol. The third-order valence-corrected chi connectivity index (χ3v) is 2.42. The molecule has 4 nitrogen and oxygen atoms in total. The third kappa shape index (κ3) is 3.55. The Morgan fingerprint density at radius 1 is 1.60 bits per heavy atom. The number of aromatic nitrogens is 2. The van der Waals surface area contributed by atoms with Gasteiger partial charge in [-0.1, -0.05) is 6.92 Å². The van der Waals surface area contributed by atoms with E-state index in [0.717, 1.165) is 24.6 Å². The zero-order chi connectivity index (χ0) is 11.3. The fourth-order valence-corrected chi connectivity index (χ4v) is 1.34. The molecule has 1 aromatic heterocycles. The van der Waals surface area contributed by atoms with Crippen LogP contribution in [-0.2, 0) is 11.3 Å². The topological polar surface area (TPSA) is 39.1 Å². The number of imidazole rings is 1. The number of hydrogen-bond donors (Lipinski definition) is 1. The predicted octanol–water partition coefficient (Wildman–Crippen LogP) is 2.05. The molecule has 0 amide bonds. The van der Waals surface area contributed by atoms with Crippen LogP contribution in [0.5, 0.6) is 0 Å². The van der Waals surface area contributed by atoms with Crippen LogP contribution in [0.3, 0.4) is 0 Å². The molecule has 1 atom stereocenters. The maximum Gasteiger partial charge on any atom is 0.203 e. The minimum Gasteiger partial charge on any atom is -0.383 e. The van der Waals surface area contributed by atoms with E-state index >= 15 is 0 Å². The van der Waals surface area contributed by atoms with Crippen molar-refractivity contribution in [3.05, 3.63) is 11.9 Å². The molecule has 0 aromatic carbocycles. The minimum atomic E-state index is 0.452. The molecule has 15 heavy (non-hydrogen) atoms. The lowest BCUT2D eigenvalue weighted by molar-refractivity contribution is 0.187. The first-order valence-corrected chi connectivity index (χ1v) is 5.46. The van der Waals surface area contributed by atoms with Crippen molar-refractivity contribution in [2.45, 2.75) is 39.8 Å². The highest BCUT2D eigenvalue weighted by Gasteiger charge is 2.07. The van der Waals surface area contributed by atoms with Crippen LogP contribution in [0.2, 0.25) is 0 Å². The first-order chi connectivity index (χ1) is 7.17. The summed E-state index contributed by atoms with van der Waals surface area (Å²) in [5.74, 6) is 0.943. The second kappa shape index (κ2) is 5.75. The van der Waals surface area contributed by atoms with Gasteiger partial charge < -0.3 is 14.6 Å². The van der Waals surface area contributed by atoms with Gasteiger partial charge in [0.15, 0.2) is 0 Å². The monoisotopic (exact) mass is 211 g/mol. The summed E-state index contributed by atoms with van der Waals surface area (Å²) in [6.07, 6.45) is 3.14. The molecule has 0 radical (unpaired) electrons. The molecule has 0 saturated carbocycles. The number of hydrogen-bond acceptors (Lipinski definition) is 3. The van der Waals surface area contributed by atoms with Crippen LogP contribution < -0.4 is 5.32 Å². The van der Waals surface area contributed by atoms with E-state index in [1.807, 2.05) is 13.1 Å². The molecular weight excluding hydrogens is 190 g/mol. The highest BCUT2D eigenvalue weighted by Crippen LogP contribution is 2.10. The van der Waals surface area contributed by atoms with Crippen molar-refractivity contribution in [3.63, 3.8) is 0 Å². The molecule has 0 saturated heterocycles. The number of methoxy groups -OCH3 is 1. The Kier molecular flexibility index (Phi) is 4.62. The molecule has 0 spiro atoms. The van der Waals surface area contributed by atoms with E-state index in [1.165, 1.54) is 0 Å². The average molecular weight is 211 g/mol. The zero-order valence-electron chi connectivity index (χ0n) is 10.1. The van der Waals surface area contributed by atoms with E-state index < -0.39 is 0 Å². The van der Waals surface area contributed by atoms with E-state index in [2.05, 4.69) is 28.7 Å². The number of anilines is 1. The molecule has 0 fully saturated rings. The van der Waals surface area contributed by atoms with Crippen LogP contribution in [0, 0.1) is 6.92 Å². The molecule has 1 heterocycles. The van der Waals surface area contributed by atoms with Gasteiger partial charge in [-0.25, -0.2) is 4.98 Å². The van der Waals surface area contributed by atoms with Gasteiger partial charge in [-0.2, -0.15) is 0 Å². The summed E-state index contributed by atoms with van der Waals surface area (Å²) >= 11 is 0. The molecule has 1 N–H and O–H groups in total. The Morgan fingerprint density at radius 2 is 2.33 bits per heavy atom. The molecular formula is C11H21N3O. The second-order valence-corrected chi connectivity index (χ2v) is 3.85. The Hall–Kier alpha value is -1.03. The molecule has 0 bridgehead atoms. The lowest BCUT2D eigenvalue weighted by Crippen LogP contribution is -2.18. The lowest BCUT2D eigenvalue weighted by Gasteiger charge is -2.13. The molecule has 0 aliphatic heterocycles. The summed E-state index contributed by atoms with van der Waals surface area (Å²) in [6.45, 7) is 7.88. The molecule has 0 aliphatic rings. The van der Waals surface area contributed by atoms with E-state index in [-0.39, 0.29) is 0 Å². The molecule has 86 valence electrons. The van der Waals surface area contributed by atoms with Crippen molar-refractivity contribution in [1.29, 1.82) is 0 Å². The van der Waals surface area contributed by atoms with Crippen LogP contribution in [-0.4, -0.2) is 29.3 Å². The highest BCUT2D eigenvalue weighted by molar-refractivity contribution is 5.29. The Bertz CT molecular complexity index is 296. The van der Waals surface area contributed by atoms with E-state index in [4.69, 9.17) is 4.74 Å². The van der Waals surface area contributed by atoms with E-state index in [9.17, 15) is 0 Å². The largest absolute Gasteiger partial charge is 0.383 e. The Balaban J connectivity index is 2.67. The summed E-state index contributed by atoms with van der Waals surface area (Å²) in [5, 5.41) is 3.39. The number of ether oxygens (including phenoxy) is 1. The van der Waals surface area contributed by atoms with Crippen LogP contribution in [0.25, 0.3) is 0 Å². The molecule has 1 unspecified atom stereocenters. The van der Waals surface area contributed by atoms with Gasteiger partial charge in [0.25, 0.3) is 0 Å². The summed E-state index contributed by atoms with van der Waals surface area (Å²) < 4.78 is 7.17. The number of nitrogens with one attached hydrogen (secondary N) is 1. The van der Waals surface area contributed by atoms with Crippen molar-refractivity contribution in [3.8, 4) is 0 Å². The second-order valence-electron chi connectivity index (χ2n) is 3.85. The number of rotatable bonds is 6. The van der Waals surface area contributed by atoms with Crippen molar-refractivity contribution in [1.82, 2.24) is 9.55 Å². The van der Waals surface area contributed by atoms with Gasteiger partial charge in [-0.3, -0.25) is 0 Å². The quantitative estimate of drug-likeness (QED) is 0.782. The molecule has 1 aromatic rings. The zero-order valence-corrected chi connectivity index (χ0v) is 10.1. The lowest BCUT2D eigenvalue weighted by atomic mass is 10.3.